The molecule has 0 aromatic heterocycles. The minimum atomic E-state index is 0.579. The van der Waals surface area contributed by atoms with Crippen LogP contribution in [-0.4, -0.2) is 6.04 Å². The van der Waals surface area contributed by atoms with E-state index in [2.05, 4.69) is 34.2 Å². The molecule has 1 saturated carbocycles. The quantitative estimate of drug-likeness (QED) is 0.882. The maximum Gasteiger partial charge on any atom is 0.0992 e. The van der Waals surface area contributed by atoms with Crippen molar-refractivity contribution in [3.8, 4) is 6.07 Å². The van der Waals surface area contributed by atoms with Gasteiger partial charge in [0, 0.05) is 16.2 Å². The summed E-state index contributed by atoms with van der Waals surface area (Å²) in [4.78, 5) is 0. The van der Waals surface area contributed by atoms with Crippen molar-refractivity contribution in [2.75, 3.05) is 5.32 Å². The van der Waals surface area contributed by atoms with Crippen LogP contribution in [0.15, 0.2) is 22.7 Å². The Labute approximate surface area is 111 Å². The van der Waals surface area contributed by atoms with Crippen LogP contribution in [0, 0.1) is 17.2 Å². The van der Waals surface area contributed by atoms with E-state index in [1.54, 1.807) is 0 Å². The first-order valence-corrected chi connectivity index (χ1v) is 6.94. The van der Waals surface area contributed by atoms with Gasteiger partial charge in [-0.3, -0.25) is 0 Å². The number of rotatable bonds is 2. The van der Waals surface area contributed by atoms with E-state index in [9.17, 15) is 0 Å². The SMILES string of the molecule is CC1CCC(Nc2ccc(C#N)cc2Br)CC1. The van der Waals surface area contributed by atoms with Gasteiger partial charge < -0.3 is 5.32 Å². The first-order chi connectivity index (χ1) is 8.19. The Balaban J connectivity index is 2.02. The van der Waals surface area contributed by atoms with Gasteiger partial charge in [-0.1, -0.05) is 6.92 Å². The number of nitriles is 1. The fraction of sp³-hybridized carbons (Fsp3) is 0.500. The Morgan fingerprint density at radius 3 is 2.59 bits per heavy atom. The Bertz CT molecular complexity index is 428. The van der Waals surface area contributed by atoms with E-state index in [1.165, 1.54) is 25.7 Å². The fourth-order valence-electron chi connectivity index (χ4n) is 2.33. The van der Waals surface area contributed by atoms with Crippen molar-refractivity contribution in [3.63, 3.8) is 0 Å². The molecule has 1 aliphatic carbocycles. The van der Waals surface area contributed by atoms with Crippen LogP contribution in [0.1, 0.15) is 38.2 Å². The average Bonchev–Trinajstić information content (AvgIpc) is 2.34. The second kappa shape index (κ2) is 5.55. The largest absolute Gasteiger partial charge is 0.381 e. The van der Waals surface area contributed by atoms with Crippen LogP contribution in [0.4, 0.5) is 5.69 Å². The van der Waals surface area contributed by atoms with Crippen molar-refractivity contribution >= 4 is 21.6 Å². The van der Waals surface area contributed by atoms with E-state index in [0.717, 1.165) is 16.1 Å². The Morgan fingerprint density at radius 1 is 1.29 bits per heavy atom. The molecule has 2 rings (SSSR count). The summed E-state index contributed by atoms with van der Waals surface area (Å²) in [5.41, 5.74) is 1.79. The molecular formula is C14H17BrN2. The van der Waals surface area contributed by atoms with E-state index in [-0.39, 0.29) is 0 Å². The van der Waals surface area contributed by atoms with E-state index >= 15 is 0 Å². The van der Waals surface area contributed by atoms with Crippen LogP contribution >= 0.6 is 15.9 Å². The molecule has 0 unspecified atom stereocenters. The molecule has 1 aromatic carbocycles. The molecule has 2 nitrogen and oxygen atoms in total. The van der Waals surface area contributed by atoms with Gasteiger partial charge in [-0.25, -0.2) is 0 Å². The number of halogens is 1. The predicted octanol–water partition coefficient (Wildman–Crippen LogP) is 4.31. The molecule has 3 heteroatoms. The van der Waals surface area contributed by atoms with Crippen molar-refractivity contribution in [2.45, 2.75) is 38.6 Å². The van der Waals surface area contributed by atoms with Crippen LogP contribution in [-0.2, 0) is 0 Å². The molecule has 0 radical (unpaired) electrons. The van der Waals surface area contributed by atoms with Crippen LogP contribution in [0.5, 0.6) is 0 Å². The van der Waals surface area contributed by atoms with Crippen molar-refractivity contribution in [1.29, 1.82) is 5.26 Å². The number of hydrogen-bond acceptors (Lipinski definition) is 2. The number of nitrogens with zero attached hydrogens (tertiary/aromatic N) is 1. The first-order valence-electron chi connectivity index (χ1n) is 6.15. The number of benzene rings is 1. The number of anilines is 1. The van der Waals surface area contributed by atoms with Gasteiger partial charge in [0.1, 0.15) is 0 Å². The molecule has 90 valence electrons. The number of hydrogen-bond donors (Lipinski definition) is 1. The Hall–Kier alpha value is -1.01. The molecule has 17 heavy (non-hydrogen) atoms. The van der Waals surface area contributed by atoms with Crippen LogP contribution in [0.2, 0.25) is 0 Å². The fourth-order valence-corrected chi connectivity index (χ4v) is 2.82. The van der Waals surface area contributed by atoms with E-state index < -0.39 is 0 Å². The van der Waals surface area contributed by atoms with Gasteiger partial charge in [0.05, 0.1) is 11.6 Å². The van der Waals surface area contributed by atoms with Gasteiger partial charge in [-0.05, 0) is 65.7 Å². The minimum absolute atomic E-state index is 0.579. The van der Waals surface area contributed by atoms with Gasteiger partial charge in [0.25, 0.3) is 0 Å². The third-order valence-electron chi connectivity index (χ3n) is 3.47. The topological polar surface area (TPSA) is 35.8 Å². The Morgan fingerprint density at radius 2 is 2.00 bits per heavy atom. The summed E-state index contributed by atoms with van der Waals surface area (Å²) in [5, 5.41) is 12.4. The van der Waals surface area contributed by atoms with Crippen LogP contribution < -0.4 is 5.32 Å². The summed E-state index contributed by atoms with van der Waals surface area (Å²) in [6, 6.07) is 8.44. The second-order valence-electron chi connectivity index (χ2n) is 4.91. The summed E-state index contributed by atoms with van der Waals surface area (Å²) in [5.74, 6) is 0.873. The van der Waals surface area contributed by atoms with Gasteiger partial charge in [-0.15, -0.1) is 0 Å². The lowest BCUT2D eigenvalue weighted by Crippen LogP contribution is -2.25. The molecule has 1 fully saturated rings. The highest BCUT2D eigenvalue weighted by molar-refractivity contribution is 9.10. The molecule has 1 aromatic rings. The molecule has 0 saturated heterocycles. The maximum absolute atomic E-state index is 8.81. The van der Waals surface area contributed by atoms with Crippen molar-refractivity contribution in [3.05, 3.63) is 28.2 Å². The molecule has 0 heterocycles. The zero-order valence-electron chi connectivity index (χ0n) is 10.0. The van der Waals surface area contributed by atoms with Gasteiger partial charge in [0.2, 0.25) is 0 Å². The molecule has 0 atom stereocenters. The highest BCUT2D eigenvalue weighted by Crippen LogP contribution is 2.29. The highest BCUT2D eigenvalue weighted by Gasteiger charge is 2.18. The standard InChI is InChI=1S/C14H17BrN2/c1-10-2-5-12(6-3-10)17-14-7-4-11(9-16)8-13(14)15/h4,7-8,10,12,17H,2-3,5-6H2,1H3. The third-order valence-corrected chi connectivity index (χ3v) is 4.13. The lowest BCUT2D eigenvalue weighted by atomic mass is 9.87. The lowest BCUT2D eigenvalue weighted by molar-refractivity contribution is 0.361. The Kier molecular flexibility index (Phi) is 4.06. The maximum atomic E-state index is 8.81. The van der Waals surface area contributed by atoms with Crippen LogP contribution in [0.25, 0.3) is 0 Å². The van der Waals surface area contributed by atoms with Crippen molar-refractivity contribution in [2.24, 2.45) is 5.92 Å². The van der Waals surface area contributed by atoms with Gasteiger partial charge in [0.15, 0.2) is 0 Å². The predicted molar refractivity (Wildman–Crippen MR) is 73.9 cm³/mol. The third kappa shape index (κ3) is 3.23. The summed E-state index contributed by atoms with van der Waals surface area (Å²) in [7, 11) is 0. The molecular weight excluding hydrogens is 276 g/mol. The van der Waals surface area contributed by atoms with E-state index in [4.69, 9.17) is 5.26 Å². The summed E-state index contributed by atoms with van der Waals surface area (Å²) < 4.78 is 0.982. The van der Waals surface area contributed by atoms with Gasteiger partial charge in [-0.2, -0.15) is 5.26 Å². The molecule has 0 amide bonds. The van der Waals surface area contributed by atoms with Crippen molar-refractivity contribution < 1.29 is 0 Å². The average molecular weight is 293 g/mol. The summed E-state index contributed by atoms with van der Waals surface area (Å²) in [6.45, 7) is 2.33. The van der Waals surface area contributed by atoms with Crippen LogP contribution in [0.3, 0.4) is 0 Å². The monoisotopic (exact) mass is 292 g/mol. The van der Waals surface area contributed by atoms with E-state index in [0.29, 0.717) is 11.6 Å². The smallest absolute Gasteiger partial charge is 0.0992 e. The molecule has 0 bridgehead atoms. The normalized spacial score (nSPS) is 24.1. The molecule has 1 N–H and O–H groups in total. The molecule has 0 spiro atoms. The van der Waals surface area contributed by atoms with Crippen molar-refractivity contribution in [1.82, 2.24) is 0 Å². The minimum Gasteiger partial charge on any atom is -0.381 e. The summed E-state index contributed by atoms with van der Waals surface area (Å²) >= 11 is 3.51. The second-order valence-corrected chi connectivity index (χ2v) is 5.76. The zero-order chi connectivity index (χ0) is 12.3. The van der Waals surface area contributed by atoms with Gasteiger partial charge >= 0.3 is 0 Å². The lowest BCUT2D eigenvalue weighted by Gasteiger charge is -2.28. The zero-order valence-corrected chi connectivity index (χ0v) is 11.6. The highest BCUT2D eigenvalue weighted by atomic mass is 79.9. The summed E-state index contributed by atoms with van der Waals surface area (Å²) in [6.07, 6.45) is 5.11. The molecule has 0 aliphatic heterocycles. The first kappa shape index (κ1) is 12.4. The van der Waals surface area contributed by atoms with E-state index in [1.807, 2.05) is 18.2 Å². The molecule has 1 aliphatic rings. The number of nitrogens with one attached hydrogen (secondary N) is 1.